The van der Waals surface area contributed by atoms with Crippen molar-refractivity contribution in [2.45, 2.75) is 31.0 Å². The van der Waals surface area contributed by atoms with E-state index in [1.54, 1.807) is 6.33 Å². The predicted octanol–water partition coefficient (Wildman–Crippen LogP) is 0.432. The standard InChI is InChI=1S/C8H12N6OS/c1-2-14-6(10-5-11-14)4-16-8-13-12-7(3-9)15-8/h5H,2-4,9H2,1H3. The van der Waals surface area contributed by atoms with Gasteiger partial charge in [0.2, 0.25) is 5.89 Å². The average Bonchev–Trinajstić information content (AvgIpc) is 2.94. The normalized spacial score (nSPS) is 10.9. The van der Waals surface area contributed by atoms with Crippen LogP contribution in [0.25, 0.3) is 0 Å². The smallest absolute Gasteiger partial charge is 0.277 e. The number of thioether (sulfide) groups is 1. The Morgan fingerprint density at radius 2 is 2.38 bits per heavy atom. The van der Waals surface area contributed by atoms with Crippen LogP contribution in [0.15, 0.2) is 16.0 Å². The van der Waals surface area contributed by atoms with Gasteiger partial charge in [0.15, 0.2) is 0 Å². The van der Waals surface area contributed by atoms with Crippen molar-refractivity contribution in [2.75, 3.05) is 0 Å². The summed E-state index contributed by atoms with van der Waals surface area (Å²) in [7, 11) is 0. The Labute approximate surface area is 96.4 Å². The molecule has 2 rings (SSSR count). The van der Waals surface area contributed by atoms with E-state index in [1.165, 1.54) is 11.8 Å². The molecule has 86 valence electrons. The summed E-state index contributed by atoms with van der Waals surface area (Å²) < 4.78 is 7.09. The Bertz CT molecular complexity index is 453. The molecule has 0 fully saturated rings. The topological polar surface area (TPSA) is 95.7 Å². The zero-order valence-corrected chi connectivity index (χ0v) is 9.65. The molecular weight excluding hydrogens is 228 g/mol. The molecule has 0 amide bonds. The van der Waals surface area contributed by atoms with Crippen LogP contribution in [-0.2, 0) is 18.8 Å². The Balaban J connectivity index is 1.96. The molecule has 0 radical (unpaired) electrons. The second kappa shape index (κ2) is 5.08. The number of aryl methyl sites for hydroxylation is 1. The Morgan fingerprint density at radius 1 is 1.50 bits per heavy atom. The highest BCUT2D eigenvalue weighted by Crippen LogP contribution is 2.19. The number of nitrogens with zero attached hydrogens (tertiary/aromatic N) is 5. The highest BCUT2D eigenvalue weighted by Gasteiger charge is 2.08. The highest BCUT2D eigenvalue weighted by molar-refractivity contribution is 7.98. The van der Waals surface area contributed by atoms with Crippen molar-refractivity contribution in [3.05, 3.63) is 18.0 Å². The van der Waals surface area contributed by atoms with Crippen molar-refractivity contribution in [2.24, 2.45) is 5.73 Å². The van der Waals surface area contributed by atoms with E-state index in [-0.39, 0.29) is 6.54 Å². The molecule has 0 atom stereocenters. The third kappa shape index (κ3) is 2.39. The largest absolute Gasteiger partial charge is 0.415 e. The molecule has 0 bridgehead atoms. The fourth-order valence-electron chi connectivity index (χ4n) is 1.17. The van der Waals surface area contributed by atoms with Crippen molar-refractivity contribution in [1.29, 1.82) is 0 Å². The lowest BCUT2D eigenvalue weighted by Gasteiger charge is -1.99. The molecule has 0 aliphatic carbocycles. The molecule has 0 unspecified atom stereocenters. The van der Waals surface area contributed by atoms with E-state index in [4.69, 9.17) is 10.2 Å². The summed E-state index contributed by atoms with van der Waals surface area (Å²) in [5, 5.41) is 12.2. The molecule has 16 heavy (non-hydrogen) atoms. The van der Waals surface area contributed by atoms with E-state index in [0.717, 1.165) is 12.4 Å². The first-order valence-electron chi connectivity index (χ1n) is 4.85. The third-order valence-corrected chi connectivity index (χ3v) is 2.76. The monoisotopic (exact) mass is 240 g/mol. The van der Waals surface area contributed by atoms with Crippen LogP contribution >= 0.6 is 11.8 Å². The molecule has 0 saturated heterocycles. The highest BCUT2D eigenvalue weighted by atomic mass is 32.2. The van der Waals surface area contributed by atoms with Crippen LogP contribution in [0.4, 0.5) is 0 Å². The second-order valence-corrected chi connectivity index (χ2v) is 3.87. The van der Waals surface area contributed by atoms with Crippen LogP contribution in [0.3, 0.4) is 0 Å². The lowest BCUT2D eigenvalue weighted by atomic mass is 10.6. The average molecular weight is 240 g/mol. The van der Waals surface area contributed by atoms with Gasteiger partial charge in [0.05, 0.1) is 12.3 Å². The van der Waals surface area contributed by atoms with Crippen molar-refractivity contribution >= 4 is 11.8 Å². The molecule has 0 aliphatic heterocycles. The zero-order chi connectivity index (χ0) is 11.4. The first-order valence-corrected chi connectivity index (χ1v) is 5.84. The summed E-state index contributed by atoms with van der Waals surface area (Å²) in [6, 6.07) is 0. The Morgan fingerprint density at radius 3 is 3.06 bits per heavy atom. The number of hydrogen-bond donors (Lipinski definition) is 1. The predicted molar refractivity (Wildman–Crippen MR) is 57.4 cm³/mol. The van der Waals surface area contributed by atoms with Gasteiger partial charge in [-0.25, -0.2) is 9.67 Å². The Kier molecular flexibility index (Phi) is 3.52. The number of aromatic nitrogens is 5. The van der Waals surface area contributed by atoms with Gasteiger partial charge in [-0.3, -0.25) is 0 Å². The van der Waals surface area contributed by atoms with Crippen LogP contribution < -0.4 is 5.73 Å². The van der Waals surface area contributed by atoms with E-state index in [1.807, 2.05) is 11.6 Å². The third-order valence-electron chi connectivity index (χ3n) is 1.94. The number of nitrogens with two attached hydrogens (primary N) is 1. The molecule has 2 aromatic rings. The van der Waals surface area contributed by atoms with E-state index < -0.39 is 0 Å². The van der Waals surface area contributed by atoms with E-state index >= 15 is 0 Å². The van der Waals surface area contributed by atoms with Crippen molar-refractivity contribution in [3.8, 4) is 0 Å². The van der Waals surface area contributed by atoms with E-state index in [2.05, 4.69) is 20.3 Å². The van der Waals surface area contributed by atoms with Gasteiger partial charge in [0.25, 0.3) is 5.22 Å². The minimum Gasteiger partial charge on any atom is -0.415 e. The maximum Gasteiger partial charge on any atom is 0.277 e. The molecule has 0 aromatic carbocycles. The summed E-state index contributed by atoms with van der Waals surface area (Å²) in [6.07, 6.45) is 1.54. The van der Waals surface area contributed by atoms with Gasteiger partial charge in [0.1, 0.15) is 12.2 Å². The summed E-state index contributed by atoms with van der Waals surface area (Å²) in [4.78, 5) is 4.15. The van der Waals surface area contributed by atoms with Gasteiger partial charge >= 0.3 is 0 Å². The van der Waals surface area contributed by atoms with Crippen LogP contribution in [0.2, 0.25) is 0 Å². The molecule has 2 N–H and O–H groups in total. The van der Waals surface area contributed by atoms with Gasteiger partial charge in [-0.2, -0.15) is 5.10 Å². The Hall–Kier alpha value is -1.41. The van der Waals surface area contributed by atoms with Crippen molar-refractivity contribution in [1.82, 2.24) is 25.0 Å². The van der Waals surface area contributed by atoms with Crippen LogP contribution in [0.5, 0.6) is 0 Å². The fourth-order valence-corrected chi connectivity index (χ4v) is 1.90. The first-order chi connectivity index (χ1) is 7.83. The maximum absolute atomic E-state index is 5.37. The van der Waals surface area contributed by atoms with Gasteiger partial charge in [-0.05, 0) is 6.92 Å². The zero-order valence-electron chi connectivity index (χ0n) is 8.83. The summed E-state index contributed by atoms with van der Waals surface area (Å²) in [5.41, 5.74) is 5.37. The lowest BCUT2D eigenvalue weighted by Crippen LogP contribution is -2.01. The van der Waals surface area contributed by atoms with E-state index in [9.17, 15) is 0 Å². The molecule has 8 heteroatoms. The van der Waals surface area contributed by atoms with Gasteiger partial charge in [0, 0.05) is 6.54 Å². The van der Waals surface area contributed by atoms with Crippen LogP contribution in [-0.4, -0.2) is 25.0 Å². The quantitative estimate of drug-likeness (QED) is 0.757. The molecular formula is C8H12N6OS. The summed E-state index contributed by atoms with van der Waals surface area (Å²) in [5.74, 6) is 1.99. The molecule has 7 nitrogen and oxygen atoms in total. The SMILES string of the molecule is CCn1ncnc1CSc1nnc(CN)o1. The minimum absolute atomic E-state index is 0.263. The molecule has 2 heterocycles. The summed E-state index contributed by atoms with van der Waals surface area (Å²) >= 11 is 1.42. The molecule has 0 saturated carbocycles. The van der Waals surface area contributed by atoms with Gasteiger partial charge in [-0.15, -0.1) is 10.2 Å². The minimum atomic E-state index is 0.263. The van der Waals surface area contributed by atoms with E-state index in [0.29, 0.717) is 16.9 Å². The van der Waals surface area contributed by atoms with Crippen LogP contribution in [0, 0.1) is 0 Å². The van der Waals surface area contributed by atoms with Gasteiger partial charge < -0.3 is 10.2 Å². The molecule has 0 aliphatic rings. The molecule has 2 aromatic heterocycles. The fraction of sp³-hybridized carbons (Fsp3) is 0.500. The second-order valence-electron chi connectivity index (χ2n) is 2.95. The van der Waals surface area contributed by atoms with Crippen LogP contribution in [0.1, 0.15) is 18.6 Å². The van der Waals surface area contributed by atoms with Crippen molar-refractivity contribution < 1.29 is 4.42 Å². The first kappa shape index (κ1) is 11.1. The number of rotatable bonds is 5. The van der Waals surface area contributed by atoms with Gasteiger partial charge in [-0.1, -0.05) is 11.8 Å². The van der Waals surface area contributed by atoms with Crippen molar-refractivity contribution in [3.63, 3.8) is 0 Å². The lowest BCUT2D eigenvalue weighted by molar-refractivity contribution is 0.414. The molecule has 0 spiro atoms. The number of hydrogen-bond acceptors (Lipinski definition) is 7. The maximum atomic E-state index is 5.37. The summed E-state index contributed by atoms with van der Waals surface area (Å²) in [6.45, 7) is 3.08.